The minimum absolute atomic E-state index is 0.00250. The first kappa shape index (κ1) is 29.2. The van der Waals surface area contributed by atoms with Crippen LogP contribution >= 0.6 is 24.0 Å². The van der Waals surface area contributed by atoms with E-state index in [1.54, 1.807) is 36.1 Å². The van der Waals surface area contributed by atoms with Gasteiger partial charge in [-0.2, -0.15) is 13.2 Å². The number of rotatable bonds is 9. The molecule has 1 fully saturated rings. The van der Waals surface area contributed by atoms with Crippen LogP contribution in [0, 0.1) is 0 Å². The van der Waals surface area contributed by atoms with Gasteiger partial charge in [-0.3, -0.25) is 14.5 Å². The molecule has 6 nitrogen and oxygen atoms in total. The summed E-state index contributed by atoms with van der Waals surface area (Å²) >= 11 is 6.71. The number of amides is 2. The lowest BCUT2D eigenvalue weighted by Gasteiger charge is -2.23. The number of nitrogens with one attached hydrogen (secondary N) is 1. The maximum Gasteiger partial charge on any atom is 0.416 e. The Balaban J connectivity index is 1.45. The Hall–Kier alpha value is -3.83. The van der Waals surface area contributed by atoms with Gasteiger partial charge in [-0.15, -0.1) is 0 Å². The summed E-state index contributed by atoms with van der Waals surface area (Å²) in [6.07, 6.45) is -2.81. The van der Waals surface area contributed by atoms with E-state index in [1.807, 2.05) is 37.3 Å². The van der Waals surface area contributed by atoms with E-state index in [0.29, 0.717) is 27.1 Å². The number of hydrogen-bond donors (Lipinski definition) is 1. The second kappa shape index (κ2) is 12.6. The number of halogens is 3. The van der Waals surface area contributed by atoms with Gasteiger partial charge >= 0.3 is 6.18 Å². The van der Waals surface area contributed by atoms with Crippen molar-refractivity contribution in [2.24, 2.45) is 0 Å². The number of carbonyl (C=O) groups is 2. The van der Waals surface area contributed by atoms with Gasteiger partial charge in [0.05, 0.1) is 23.1 Å². The standard InChI is InChI=1S/C29H25F3N2O4S2/c1-3-37-24-14-19(15-25-27(36)34(28(39)40-25)18(2)20-8-5-4-6-9-20)12-13-23(24)38-17-26(35)33-22-11-7-10-21(16-22)29(30,31)32/h4-16,18H,3,17H2,1-2H3,(H,33,35)/b25-15-/t18-/m0/s1. The molecule has 1 saturated heterocycles. The molecule has 0 saturated carbocycles. The van der Waals surface area contributed by atoms with E-state index in [-0.39, 0.29) is 23.4 Å². The zero-order valence-electron chi connectivity index (χ0n) is 21.5. The summed E-state index contributed by atoms with van der Waals surface area (Å²) in [5.74, 6) is -0.224. The largest absolute Gasteiger partial charge is 0.490 e. The van der Waals surface area contributed by atoms with Gasteiger partial charge in [0, 0.05) is 5.69 Å². The molecule has 208 valence electrons. The van der Waals surface area contributed by atoms with Crippen molar-refractivity contribution < 1.29 is 32.2 Å². The number of nitrogens with zero attached hydrogens (tertiary/aromatic N) is 1. The first-order valence-corrected chi connectivity index (χ1v) is 13.5. The second-order valence-corrected chi connectivity index (χ2v) is 10.4. The highest BCUT2D eigenvalue weighted by molar-refractivity contribution is 8.26. The van der Waals surface area contributed by atoms with Gasteiger partial charge < -0.3 is 14.8 Å². The smallest absolute Gasteiger partial charge is 0.416 e. The predicted molar refractivity (Wildman–Crippen MR) is 153 cm³/mol. The van der Waals surface area contributed by atoms with Crippen molar-refractivity contribution in [3.8, 4) is 11.5 Å². The summed E-state index contributed by atoms with van der Waals surface area (Å²) in [5, 5.41) is 2.40. The highest BCUT2D eigenvalue weighted by Crippen LogP contribution is 2.39. The van der Waals surface area contributed by atoms with Crippen LogP contribution in [0.1, 0.15) is 36.6 Å². The number of anilines is 1. The molecular weight excluding hydrogens is 561 g/mol. The first-order valence-electron chi connectivity index (χ1n) is 12.3. The summed E-state index contributed by atoms with van der Waals surface area (Å²) in [7, 11) is 0. The van der Waals surface area contributed by atoms with Crippen LogP contribution in [0.4, 0.5) is 18.9 Å². The molecule has 0 bridgehead atoms. The molecule has 1 heterocycles. The van der Waals surface area contributed by atoms with Crippen molar-refractivity contribution in [3.63, 3.8) is 0 Å². The average molecular weight is 587 g/mol. The first-order chi connectivity index (χ1) is 19.1. The monoisotopic (exact) mass is 586 g/mol. The number of ether oxygens (including phenoxy) is 2. The van der Waals surface area contributed by atoms with Gasteiger partial charge in [-0.05, 0) is 61.4 Å². The van der Waals surface area contributed by atoms with Crippen molar-refractivity contribution in [2.75, 3.05) is 18.5 Å². The fourth-order valence-corrected chi connectivity index (χ4v) is 5.38. The van der Waals surface area contributed by atoms with Gasteiger partial charge in [0.2, 0.25) is 0 Å². The predicted octanol–water partition coefficient (Wildman–Crippen LogP) is 7.08. The van der Waals surface area contributed by atoms with Crippen LogP contribution in [0.25, 0.3) is 6.08 Å². The van der Waals surface area contributed by atoms with E-state index in [1.165, 1.54) is 23.9 Å². The summed E-state index contributed by atoms with van der Waals surface area (Å²) in [6.45, 7) is 3.57. The van der Waals surface area contributed by atoms with E-state index in [0.717, 1.165) is 17.7 Å². The Morgan fingerprint density at radius 1 is 1.05 bits per heavy atom. The molecule has 11 heteroatoms. The second-order valence-electron chi connectivity index (χ2n) is 8.69. The third kappa shape index (κ3) is 7.02. The van der Waals surface area contributed by atoms with Gasteiger partial charge in [0.1, 0.15) is 4.32 Å². The third-order valence-electron chi connectivity index (χ3n) is 5.89. The molecular formula is C29H25F3N2O4S2. The highest BCUT2D eigenvalue weighted by Gasteiger charge is 2.36. The molecule has 1 aliphatic heterocycles. The number of alkyl halides is 3. The minimum Gasteiger partial charge on any atom is -0.490 e. The Morgan fingerprint density at radius 2 is 1.80 bits per heavy atom. The Kier molecular flexibility index (Phi) is 9.16. The number of thiocarbonyl (C=S) groups is 1. The van der Waals surface area contributed by atoms with E-state index in [9.17, 15) is 22.8 Å². The summed E-state index contributed by atoms with van der Waals surface area (Å²) < 4.78 is 50.5. The maximum atomic E-state index is 13.2. The molecule has 40 heavy (non-hydrogen) atoms. The van der Waals surface area contributed by atoms with Crippen LogP contribution in [-0.4, -0.2) is 34.2 Å². The molecule has 0 spiro atoms. The molecule has 2 amide bonds. The van der Waals surface area contributed by atoms with Gasteiger partial charge in [0.15, 0.2) is 18.1 Å². The van der Waals surface area contributed by atoms with Crippen LogP contribution in [0.5, 0.6) is 11.5 Å². The third-order valence-corrected chi connectivity index (χ3v) is 7.22. The van der Waals surface area contributed by atoms with Crippen LogP contribution in [0.15, 0.2) is 77.7 Å². The van der Waals surface area contributed by atoms with Crippen molar-refractivity contribution >= 4 is 51.9 Å². The van der Waals surface area contributed by atoms with Crippen LogP contribution in [0.2, 0.25) is 0 Å². The quantitative estimate of drug-likeness (QED) is 0.213. The lowest BCUT2D eigenvalue weighted by Crippen LogP contribution is -2.30. The van der Waals surface area contributed by atoms with E-state index in [2.05, 4.69) is 5.32 Å². The minimum atomic E-state index is -4.52. The fourth-order valence-electron chi connectivity index (χ4n) is 3.96. The van der Waals surface area contributed by atoms with Crippen LogP contribution < -0.4 is 14.8 Å². The topological polar surface area (TPSA) is 67.9 Å². The van der Waals surface area contributed by atoms with Gasteiger partial charge in [-0.1, -0.05) is 66.4 Å². The zero-order valence-corrected chi connectivity index (χ0v) is 23.2. The van der Waals surface area contributed by atoms with Crippen molar-refractivity contribution in [1.82, 2.24) is 4.90 Å². The molecule has 0 aromatic heterocycles. The molecule has 3 aromatic rings. The average Bonchev–Trinajstić information content (AvgIpc) is 3.20. The fraction of sp³-hybridized carbons (Fsp3) is 0.207. The Morgan fingerprint density at radius 3 is 2.50 bits per heavy atom. The molecule has 1 N–H and O–H groups in total. The van der Waals surface area contributed by atoms with Crippen LogP contribution in [-0.2, 0) is 15.8 Å². The van der Waals surface area contributed by atoms with E-state index >= 15 is 0 Å². The van der Waals surface area contributed by atoms with E-state index in [4.69, 9.17) is 21.7 Å². The number of thioether (sulfide) groups is 1. The molecule has 4 rings (SSSR count). The molecule has 1 atom stereocenters. The number of carbonyl (C=O) groups excluding carboxylic acids is 2. The van der Waals surface area contributed by atoms with Gasteiger partial charge in [-0.25, -0.2) is 0 Å². The Labute approximate surface area is 239 Å². The summed E-state index contributed by atoms with van der Waals surface area (Å²) in [4.78, 5) is 27.6. The molecule has 0 unspecified atom stereocenters. The zero-order chi connectivity index (χ0) is 28.9. The molecule has 1 aliphatic rings. The van der Waals surface area contributed by atoms with Gasteiger partial charge in [0.25, 0.3) is 11.8 Å². The highest BCUT2D eigenvalue weighted by atomic mass is 32.2. The van der Waals surface area contributed by atoms with Crippen molar-refractivity contribution in [2.45, 2.75) is 26.1 Å². The maximum absolute atomic E-state index is 13.2. The normalized spacial score (nSPS) is 15.3. The Bertz CT molecular complexity index is 1440. The molecule has 3 aromatic carbocycles. The van der Waals surface area contributed by atoms with Crippen LogP contribution in [0.3, 0.4) is 0 Å². The number of hydrogen-bond acceptors (Lipinski definition) is 6. The number of benzene rings is 3. The SMILES string of the molecule is CCOc1cc(/C=C2\SC(=S)N([C@@H](C)c3ccccc3)C2=O)ccc1OCC(=O)Nc1cccc(C(F)(F)F)c1. The lowest BCUT2D eigenvalue weighted by molar-refractivity contribution is -0.137. The summed E-state index contributed by atoms with van der Waals surface area (Å²) in [6, 6.07) is 18.7. The van der Waals surface area contributed by atoms with E-state index < -0.39 is 24.3 Å². The summed E-state index contributed by atoms with van der Waals surface area (Å²) in [5.41, 5.74) is 0.768. The molecule has 0 aliphatic carbocycles. The van der Waals surface area contributed by atoms with Crippen molar-refractivity contribution in [1.29, 1.82) is 0 Å². The lowest BCUT2D eigenvalue weighted by atomic mass is 10.1. The van der Waals surface area contributed by atoms with Crippen molar-refractivity contribution in [3.05, 3.63) is 94.4 Å². The molecule has 0 radical (unpaired) electrons.